The molecule has 0 aliphatic carbocycles. The minimum absolute atomic E-state index is 0.0215. The number of rotatable bonds is 8. The molecule has 0 fully saturated rings. The molecule has 0 saturated heterocycles. The van der Waals surface area contributed by atoms with Crippen molar-refractivity contribution in [2.75, 3.05) is 25.7 Å². The van der Waals surface area contributed by atoms with Crippen LogP contribution in [-0.2, 0) is 35.7 Å². The summed E-state index contributed by atoms with van der Waals surface area (Å²) < 4.78 is 9.34. The Morgan fingerprint density at radius 3 is 1.90 bits per heavy atom. The Morgan fingerprint density at radius 1 is 0.950 bits per heavy atom. The fourth-order valence-electron chi connectivity index (χ4n) is 1.72. The molecule has 0 heterocycles. The Morgan fingerprint density at radius 2 is 1.45 bits per heavy atom. The van der Waals surface area contributed by atoms with Gasteiger partial charge in [-0.3, -0.25) is 9.59 Å². The maximum absolute atomic E-state index is 11.3. The quantitative estimate of drug-likeness (QED) is 0.543. The number of methoxy groups -OCH3 is 2. The molecule has 0 amide bonds. The van der Waals surface area contributed by atoms with Crippen LogP contribution >= 0.6 is 0 Å². The molecule has 1 aromatic rings. The Bertz CT molecular complexity index is 399. The van der Waals surface area contributed by atoms with Crippen LogP contribution in [0.5, 0.6) is 0 Å². The van der Waals surface area contributed by atoms with E-state index in [4.69, 9.17) is 0 Å². The molecule has 4 nitrogen and oxygen atoms in total. The predicted octanol–water partition coefficient (Wildman–Crippen LogP) is 1.93. The number of benzene rings is 1. The molecule has 0 bridgehead atoms. The predicted molar refractivity (Wildman–Crippen MR) is 80.5 cm³/mol. The number of carbonyl (C=O) groups is 2. The third-order valence-electron chi connectivity index (χ3n) is 2.86. The van der Waals surface area contributed by atoms with Crippen LogP contribution in [0.4, 0.5) is 0 Å². The van der Waals surface area contributed by atoms with E-state index in [9.17, 15) is 9.59 Å². The topological polar surface area (TPSA) is 52.6 Å². The second kappa shape index (κ2) is 9.42. The van der Waals surface area contributed by atoms with E-state index in [0.717, 1.165) is 17.3 Å². The van der Waals surface area contributed by atoms with E-state index in [1.807, 2.05) is 18.2 Å². The van der Waals surface area contributed by atoms with Gasteiger partial charge in [0.25, 0.3) is 0 Å². The molecule has 0 atom stereocenters. The largest absolute Gasteiger partial charge is 0.469 e. The number of hydrogen-bond acceptors (Lipinski definition) is 4. The first kappa shape index (κ1) is 16.6. The number of carbonyl (C=O) groups excluding carboxylic acids is 2. The monoisotopic (exact) mass is 297 g/mol. The number of esters is 2. The van der Waals surface area contributed by atoms with Gasteiger partial charge in [0, 0.05) is 5.56 Å². The summed E-state index contributed by atoms with van der Waals surface area (Å²) in [5, 5.41) is 0. The van der Waals surface area contributed by atoms with Crippen LogP contribution in [0.1, 0.15) is 18.4 Å². The van der Waals surface area contributed by atoms with Crippen LogP contribution in [0.3, 0.4) is 0 Å². The van der Waals surface area contributed by atoms with Crippen molar-refractivity contribution in [3.05, 3.63) is 35.9 Å². The first-order chi connectivity index (χ1) is 9.65. The van der Waals surface area contributed by atoms with Gasteiger partial charge in [-0.05, 0) is 10.9 Å². The molecule has 20 heavy (non-hydrogen) atoms. The summed E-state index contributed by atoms with van der Waals surface area (Å²) in [4.78, 5) is 22.5. The molecule has 0 radical (unpaired) electrons. The van der Waals surface area contributed by atoms with E-state index < -0.39 is 0 Å². The highest BCUT2D eigenvalue weighted by Crippen LogP contribution is 2.12. The minimum atomic E-state index is -0.200. The van der Waals surface area contributed by atoms with Crippen molar-refractivity contribution in [1.29, 1.82) is 0 Å². The molecule has 0 aromatic heterocycles. The van der Waals surface area contributed by atoms with Gasteiger partial charge in [-0.2, -0.15) is 0 Å². The van der Waals surface area contributed by atoms with Gasteiger partial charge in [0.1, 0.15) is 17.3 Å². The average Bonchev–Trinajstić information content (AvgIpc) is 2.50. The summed E-state index contributed by atoms with van der Waals surface area (Å²) in [5.74, 6) is 1.98. The molecule has 1 rings (SSSR count). The van der Waals surface area contributed by atoms with Crippen LogP contribution in [-0.4, -0.2) is 37.7 Å². The van der Waals surface area contributed by atoms with Crippen LogP contribution in [0.25, 0.3) is 0 Å². The van der Waals surface area contributed by atoms with Crippen molar-refractivity contribution in [3.8, 4) is 0 Å². The third-order valence-corrected chi connectivity index (χ3v) is 5.16. The lowest BCUT2D eigenvalue weighted by molar-refractivity contribution is -0.140. The zero-order valence-corrected chi connectivity index (χ0v) is 12.8. The summed E-state index contributed by atoms with van der Waals surface area (Å²) >= 11 is 0. The summed E-state index contributed by atoms with van der Waals surface area (Å²) in [6.45, 7) is 0. The van der Waals surface area contributed by atoms with Crippen molar-refractivity contribution >= 4 is 22.8 Å². The highest BCUT2D eigenvalue weighted by Gasteiger charge is 2.22. The molecular weight excluding hydrogens is 276 g/mol. The normalized spacial score (nSPS) is 10.3. The van der Waals surface area contributed by atoms with Crippen molar-refractivity contribution < 1.29 is 19.1 Å². The van der Waals surface area contributed by atoms with Crippen molar-refractivity contribution in [1.82, 2.24) is 0 Å². The number of ether oxygens (including phenoxy) is 2. The zero-order valence-electron chi connectivity index (χ0n) is 12.0. The van der Waals surface area contributed by atoms with Gasteiger partial charge in [-0.25, -0.2) is 0 Å². The molecule has 0 aliphatic heterocycles. The Kier molecular flexibility index (Phi) is 7.80. The van der Waals surface area contributed by atoms with E-state index in [1.165, 1.54) is 19.8 Å². The smallest absolute Gasteiger partial charge is 0.310 e. The highest BCUT2D eigenvalue weighted by molar-refractivity contribution is 7.96. The van der Waals surface area contributed by atoms with E-state index in [0.29, 0.717) is 12.8 Å². The zero-order chi connectivity index (χ0) is 14.8. The second-order valence-electron chi connectivity index (χ2n) is 4.30. The van der Waals surface area contributed by atoms with Gasteiger partial charge < -0.3 is 9.47 Å². The maximum atomic E-state index is 11.3. The molecule has 0 aliphatic rings. The summed E-state index contributed by atoms with van der Waals surface area (Å²) in [6, 6.07) is 10.1. The second-order valence-corrected chi connectivity index (χ2v) is 6.63. The van der Waals surface area contributed by atoms with Gasteiger partial charge in [0.2, 0.25) is 0 Å². The molecule has 5 heteroatoms. The Balaban J connectivity index is 2.53. The third kappa shape index (κ3) is 6.61. The fraction of sp³-hybridized carbons (Fsp3) is 0.467. The van der Waals surface area contributed by atoms with E-state index in [2.05, 4.69) is 21.6 Å². The Labute approximate surface area is 122 Å². The standard InChI is InChI=1S/C15H21O4S/c1-18-14(16)8-10-20(11-9-15(17)19-2)12-13-6-4-3-5-7-13/h3-7H,8-12H2,1-2H3/q+1. The van der Waals surface area contributed by atoms with E-state index in [-0.39, 0.29) is 22.8 Å². The van der Waals surface area contributed by atoms with Crippen LogP contribution < -0.4 is 0 Å². The van der Waals surface area contributed by atoms with Gasteiger partial charge in [0.05, 0.1) is 27.1 Å². The maximum Gasteiger partial charge on any atom is 0.310 e. The summed E-state index contributed by atoms with van der Waals surface area (Å²) in [5.41, 5.74) is 1.23. The van der Waals surface area contributed by atoms with Crippen LogP contribution in [0.15, 0.2) is 30.3 Å². The highest BCUT2D eigenvalue weighted by atomic mass is 32.2. The SMILES string of the molecule is COC(=O)CC[S+](CCC(=O)OC)Cc1ccccc1. The first-order valence-corrected chi connectivity index (χ1v) is 8.20. The van der Waals surface area contributed by atoms with Gasteiger partial charge in [0.15, 0.2) is 0 Å². The minimum Gasteiger partial charge on any atom is -0.469 e. The lowest BCUT2D eigenvalue weighted by atomic mass is 10.2. The average molecular weight is 297 g/mol. The molecule has 0 spiro atoms. The van der Waals surface area contributed by atoms with E-state index >= 15 is 0 Å². The van der Waals surface area contributed by atoms with Gasteiger partial charge in [-0.15, -0.1) is 0 Å². The lowest BCUT2D eigenvalue weighted by Gasteiger charge is -2.08. The summed E-state index contributed by atoms with van der Waals surface area (Å²) in [7, 11) is 2.77. The molecular formula is C15H21O4S+. The lowest BCUT2D eigenvalue weighted by Crippen LogP contribution is -2.20. The van der Waals surface area contributed by atoms with Gasteiger partial charge in [-0.1, -0.05) is 30.3 Å². The fourth-order valence-corrected chi connectivity index (χ4v) is 3.78. The van der Waals surface area contributed by atoms with E-state index in [1.54, 1.807) is 0 Å². The molecule has 0 unspecified atom stereocenters. The number of hydrogen-bond donors (Lipinski definition) is 0. The Hall–Kier alpha value is -1.49. The van der Waals surface area contributed by atoms with Gasteiger partial charge >= 0.3 is 11.9 Å². The van der Waals surface area contributed by atoms with Crippen molar-refractivity contribution in [2.45, 2.75) is 18.6 Å². The molecule has 110 valence electrons. The van der Waals surface area contributed by atoms with Crippen molar-refractivity contribution in [3.63, 3.8) is 0 Å². The molecule has 0 saturated carbocycles. The van der Waals surface area contributed by atoms with Crippen LogP contribution in [0.2, 0.25) is 0 Å². The molecule has 0 N–H and O–H groups in total. The van der Waals surface area contributed by atoms with Crippen LogP contribution in [0, 0.1) is 0 Å². The molecule has 1 aromatic carbocycles. The van der Waals surface area contributed by atoms with Crippen molar-refractivity contribution in [2.24, 2.45) is 0 Å². The summed E-state index contributed by atoms with van der Waals surface area (Å²) in [6.07, 6.45) is 0.793. The first-order valence-electron chi connectivity index (χ1n) is 6.47.